The number of carboxylic acid groups (broad SMARTS) is 4. The van der Waals surface area contributed by atoms with Crippen molar-refractivity contribution in [3.63, 3.8) is 0 Å². The van der Waals surface area contributed by atoms with Crippen molar-refractivity contribution in [3.05, 3.63) is 0 Å². The Hall–Kier alpha value is -2.85. The maximum absolute atomic E-state index is 10.2. The summed E-state index contributed by atoms with van der Waals surface area (Å²) < 4.78 is 0. The second-order valence-corrected chi connectivity index (χ2v) is 3.28. The molecule has 20 heavy (non-hydrogen) atoms. The van der Waals surface area contributed by atoms with Gasteiger partial charge in [0.2, 0.25) is 0 Å². The Bertz CT molecular complexity index is 363. The average molecular weight is 294 g/mol. The number of aliphatic carboxylic acids is 4. The summed E-state index contributed by atoms with van der Waals surface area (Å²) in [5.74, 6) is -4.91. The zero-order valence-corrected chi connectivity index (χ0v) is 10.1. The normalized spacial score (nSPS) is 10.4. The first-order chi connectivity index (χ1) is 9.06. The number of carbonyl (C=O) groups excluding carboxylic acids is 1. The fourth-order valence-electron chi connectivity index (χ4n) is 0.760. The zero-order valence-electron chi connectivity index (χ0n) is 10.1. The minimum Gasteiger partial charge on any atom is -0.481 e. The summed E-state index contributed by atoms with van der Waals surface area (Å²) in [4.78, 5) is 49.7. The predicted molar refractivity (Wildman–Crippen MR) is 60.9 cm³/mol. The molecule has 0 aliphatic rings. The van der Waals surface area contributed by atoms with Gasteiger partial charge < -0.3 is 31.5 Å². The summed E-state index contributed by atoms with van der Waals surface area (Å²) in [5, 5.41) is 34.1. The van der Waals surface area contributed by atoms with Crippen LogP contribution in [0.5, 0.6) is 0 Å². The lowest BCUT2D eigenvalue weighted by Gasteiger charge is -2.08. The summed E-state index contributed by atoms with van der Waals surface area (Å²) in [6.07, 6.45) is -1.29. The van der Waals surface area contributed by atoms with Crippen molar-refractivity contribution in [1.82, 2.24) is 5.32 Å². The number of hydrogen-bond donors (Lipinski definition) is 6. The molecule has 0 aliphatic heterocycles. The Labute approximate surface area is 112 Å². The second-order valence-electron chi connectivity index (χ2n) is 3.28. The SMILES string of the molecule is NC(=O)NC(CC(=O)O)C(=O)O.O=C(O)CCC(=O)O. The van der Waals surface area contributed by atoms with Crippen LogP contribution in [0.1, 0.15) is 19.3 Å². The van der Waals surface area contributed by atoms with Crippen molar-refractivity contribution in [2.45, 2.75) is 25.3 Å². The minimum atomic E-state index is -1.47. The van der Waals surface area contributed by atoms with Crippen LogP contribution >= 0.6 is 0 Å². The van der Waals surface area contributed by atoms with Crippen LogP contribution in [-0.2, 0) is 19.2 Å². The molecule has 0 fully saturated rings. The number of primary amides is 1. The van der Waals surface area contributed by atoms with Gasteiger partial charge in [-0.3, -0.25) is 14.4 Å². The van der Waals surface area contributed by atoms with E-state index in [1.807, 2.05) is 0 Å². The number of carboxylic acids is 4. The Kier molecular flexibility index (Phi) is 9.85. The van der Waals surface area contributed by atoms with Gasteiger partial charge >= 0.3 is 29.9 Å². The predicted octanol–water partition coefficient (Wildman–Crippen LogP) is -1.48. The first-order valence-corrected chi connectivity index (χ1v) is 5.00. The lowest BCUT2D eigenvalue weighted by Crippen LogP contribution is -2.44. The van der Waals surface area contributed by atoms with Gasteiger partial charge in [0.1, 0.15) is 6.04 Å². The van der Waals surface area contributed by atoms with Gasteiger partial charge in [-0.1, -0.05) is 0 Å². The highest BCUT2D eigenvalue weighted by atomic mass is 16.4. The van der Waals surface area contributed by atoms with Crippen LogP contribution in [0.25, 0.3) is 0 Å². The number of carbonyl (C=O) groups is 5. The lowest BCUT2D eigenvalue weighted by atomic mass is 10.2. The molecule has 1 atom stereocenters. The molecule has 0 aromatic rings. The van der Waals surface area contributed by atoms with E-state index in [1.54, 1.807) is 5.32 Å². The van der Waals surface area contributed by atoms with E-state index in [1.165, 1.54) is 0 Å². The van der Waals surface area contributed by atoms with Crippen molar-refractivity contribution >= 4 is 29.9 Å². The summed E-state index contributed by atoms with van der Waals surface area (Å²) in [6.45, 7) is 0. The van der Waals surface area contributed by atoms with Gasteiger partial charge in [-0.25, -0.2) is 9.59 Å². The highest BCUT2D eigenvalue weighted by Crippen LogP contribution is 1.91. The van der Waals surface area contributed by atoms with E-state index in [-0.39, 0.29) is 12.8 Å². The second kappa shape index (κ2) is 10.1. The molecule has 7 N–H and O–H groups in total. The number of urea groups is 1. The fourth-order valence-corrected chi connectivity index (χ4v) is 0.760. The van der Waals surface area contributed by atoms with E-state index in [0.717, 1.165) is 0 Å². The molecule has 114 valence electrons. The highest BCUT2D eigenvalue weighted by molar-refractivity contribution is 5.85. The largest absolute Gasteiger partial charge is 0.481 e. The van der Waals surface area contributed by atoms with Gasteiger partial charge in [0.05, 0.1) is 19.3 Å². The smallest absolute Gasteiger partial charge is 0.326 e. The molecule has 11 nitrogen and oxygen atoms in total. The van der Waals surface area contributed by atoms with Crippen molar-refractivity contribution in [1.29, 1.82) is 0 Å². The minimum absolute atomic E-state index is 0.296. The quantitative estimate of drug-likeness (QED) is 0.323. The van der Waals surface area contributed by atoms with Gasteiger partial charge in [-0.2, -0.15) is 0 Å². The lowest BCUT2D eigenvalue weighted by molar-refractivity contribution is -0.145. The Morgan fingerprint density at radius 1 is 0.850 bits per heavy atom. The van der Waals surface area contributed by atoms with Gasteiger partial charge in [0, 0.05) is 0 Å². The van der Waals surface area contributed by atoms with E-state index in [0.29, 0.717) is 0 Å². The summed E-state index contributed by atoms with van der Waals surface area (Å²) in [7, 11) is 0. The molecule has 0 radical (unpaired) electrons. The molecule has 0 saturated carbocycles. The molecule has 0 aliphatic carbocycles. The van der Waals surface area contributed by atoms with E-state index in [9.17, 15) is 24.0 Å². The number of hydrogen-bond acceptors (Lipinski definition) is 5. The van der Waals surface area contributed by atoms with Crippen LogP contribution in [0, 0.1) is 0 Å². The summed E-state index contributed by atoms with van der Waals surface area (Å²) >= 11 is 0. The molecule has 0 rings (SSSR count). The van der Waals surface area contributed by atoms with Crippen molar-refractivity contribution in [3.8, 4) is 0 Å². The number of nitrogens with two attached hydrogens (primary N) is 1. The molecule has 0 spiro atoms. The first kappa shape index (κ1) is 19.5. The van der Waals surface area contributed by atoms with Gasteiger partial charge in [0.15, 0.2) is 0 Å². The van der Waals surface area contributed by atoms with Crippen LogP contribution in [0.4, 0.5) is 4.79 Å². The van der Waals surface area contributed by atoms with Crippen molar-refractivity contribution in [2.24, 2.45) is 5.73 Å². The average Bonchev–Trinajstić information content (AvgIpc) is 2.25. The first-order valence-electron chi connectivity index (χ1n) is 5.00. The van der Waals surface area contributed by atoms with E-state index in [4.69, 9.17) is 20.4 Å². The molecule has 11 heteroatoms. The standard InChI is InChI=1S/C5H8N2O5.C4H6O4/c6-5(12)7-2(4(10)11)1-3(8)9;5-3(6)1-2-4(7)8/h2H,1H2,(H,8,9)(H,10,11)(H3,6,7,12);1-2H2,(H,5,6)(H,7,8). The van der Waals surface area contributed by atoms with Crippen LogP contribution in [0.2, 0.25) is 0 Å². The molecule has 0 heterocycles. The number of nitrogens with one attached hydrogen (secondary N) is 1. The van der Waals surface area contributed by atoms with Gasteiger partial charge in [0.25, 0.3) is 0 Å². The van der Waals surface area contributed by atoms with Gasteiger partial charge in [-0.05, 0) is 0 Å². The number of rotatable bonds is 7. The Balaban J connectivity index is 0. The van der Waals surface area contributed by atoms with Gasteiger partial charge in [-0.15, -0.1) is 0 Å². The Morgan fingerprint density at radius 2 is 1.25 bits per heavy atom. The molecule has 0 aromatic heterocycles. The molecular weight excluding hydrogens is 280 g/mol. The molecule has 0 bridgehead atoms. The topological polar surface area (TPSA) is 204 Å². The fraction of sp³-hybridized carbons (Fsp3) is 0.444. The third-order valence-corrected chi connectivity index (χ3v) is 1.55. The third-order valence-electron chi connectivity index (χ3n) is 1.55. The Morgan fingerprint density at radius 3 is 1.45 bits per heavy atom. The molecular formula is C9H14N2O9. The molecule has 2 amide bonds. The van der Waals surface area contributed by atoms with E-state index >= 15 is 0 Å². The van der Waals surface area contributed by atoms with Crippen LogP contribution in [-0.4, -0.2) is 56.4 Å². The monoisotopic (exact) mass is 294 g/mol. The molecule has 0 aromatic carbocycles. The molecule has 1 unspecified atom stereocenters. The van der Waals surface area contributed by atoms with Crippen molar-refractivity contribution in [2.75, 3.05) is 0 Å². The van der Waals surface area contributed by atoms with E-state index < -0.39 is 42.4 Å². The van der Waals surface area contributed by atoms with E-state index in [2.05, 4.69) is 5.73 Å². The van der Waals surface area contributed by atoms with Crippen LogP contribution < -0.4 is 11.1 Å². The van der Waals surface area contributed by atoms with Crippen LogP contribution in [0.15, 0.2) is 0 Å². The third kappa shape index (κ3) is 15.1. The van der Waals surface area contributed by atoms with Crippen LogP contribution in [0.3, 0.4) is 0 Å². The molecule has 0 saturated heterocycles. The maximum Gasteiger partial charge on any atom is 0.326 e. The number of amides is 2. The highest BCUT2D eigenvalue weighted by Gasteiger charge is 2.21. The maximum atomic E-state index is 10.2. The van der Waals surface area contributed by atoms with Crippen molar-refractivity contribution < 1.29 is 44.4 Å². The summed E-state index contributed by atoms with van der Waals surface area (Å²) in [6, 6.07) is -2.54. The summed E-state index contributed by atoms with van der Waals surface area (Å²) in [5.41, 5.74) is 4.60. The zero-order chi connectivity index (χ0) is 16.3.